The van der Waals surface area contributed by atoms with Crippen LogP contribution in [-0.2, 0) is 10.9 Å². The summed E-state index contributed by atoms with van der Waals surface area (Å²) in [6.07, 6.45) is -0.286. The molecule has 31 heavy (non-hydrogen) atoms. The minimum atomic E-state index is -4.83. The summed E-state index contributed by atoms with van der Waals surface area (Å²) >= 11 is 0. The predicted molar refractivity (Wildman–Crippen MR) is 109 cm³/mol. The molecular formula is C21H25F3N4O3. The van der Waals surface area contributed by atoms with Crippen LogP contribution in [0, 0.1) is 0 Å². The predicted octanol–water partition coefficient (Wildman–Crippen LogP) is 4.28. The van der Waals surface area contributed by atoms with Gasteiger partial charge < -0.3 is 14.8 Å². The number of carbonyl (C=O) groups is 1. The van der Waals surface area contributed by atoms with E-state index in [1.54, 1.807) is 24.3 Å². The number of hydrogen-bond acceptors (Lipinski definition) is 7. The lowest BCUT2D eigenvalue weighted by Gasteiger charge is -2.26. The Morgan fingerprint density at radius 2 is 1.87 bits per heavy atom. The van der Waals surface area contributed by atoms with Crippen LogP contribution >= 0.6 is 0 Å². The number of esters is 1. The Morgan fingerprint density at radius 1 is 1.16 bits per heavy atom. The third kappa shape index (κ3) is 6.55. The first kappa shape index (κ1) is 22.8. The van der Waals surface area contributed by atoms with Crippen molar-refractivity contribution in [3.05, 3.63) is 41.7 Å². The van der Waals surface area contributed by atoms with Gasteiger partial charge in [0.05, 0.1) is 6.61 Å². The molecule has 1 aromatic carbocycles. The van der Waals surface area contributed by atoms with E-state index in [0.717, 1.165) is 25.8 Å². The molecule has 168 valence electrons. The second kappa shape index (κ2) is 10.4. The number of alkyl halides is 3. The first-order valence-corrected chi connectivity index (χ1v) is 10.2. The molecule has 10 heteroatoms. The number of halogens is 3. The van der Waals surface area contributed by atoms with Crippen molar-refractivity contribution in [2.45, 2.75) is 32.4 Å². The van der Waals surface area contributed by atoms with Crippen molar-refractivity contribution in [3.63, 3.8) is 0 Å². The lowest BCUT2D eigenvalue weighted by Crippen LogP contribution is -2.33. The quantitative estimate of drug-likeness (QED) is 0.617. The Hall–Kier alpha value is -2.88. The summed E-state index contributed by atoms with van der Waals surface area (Å²) < 4.78 is 50.4. The standard InChI is InChI=1S/C21H25F3N4O3/c1-2-30-19(29)17-14-25-20(27-18(17)21(22,23)24)26-15-6-8-16(9-7-15)31-13-12-28-10-4-3-5-11-28/h6-9,14H,2-5,10-13H2,1H3,(H,25,26,27). The summed E-state index contributed by atoms with van der Waals surface area (Å²) in [7, 11) is 0. The van der Waals surface area contributed by atoms with Gasteiger partial charge in [0.25, 0.3) is 0 Å². The van der Waals surface area contributed by atoms with Crippen LogP contribution in [0.4, 0.5) is 24.8 Å². The smallest absolute Gasteiger partial charge is 0.434 e. The van der Waals surface area contributed by atoms with Crippen molar-refractivity contribution in [1.29, 1.82) is 0 Å². The molecule has 0 aliphatic carbocycles. The van der Waals surface area contributed by atoms with Crippen molar-refractivity contribution < 1.29 is 27.4 Å². The van der Waals surface area contributed by atoms with Gasteiger partial charge in [0.15, 0.2) is 5.69 Å². The van der Waals surface area contributed by atoms with Crippen LogP contribution in [0.25, 0.3) is 0 Å². The Balaban J connectivity index is 1.61. The molecule has 0 spiro atoms. The molecule has 0 unspecified atom stereocenters. The van der Waals surface area contributed by atoms with Gasteiger partial charge in [-0.1, -0.05) is 6.42 Å². The summed E-state index contributed by atoms with van der Waals surface area (Å²) in [6, 6.07) is 6.75. The molecule has 0 saturated carbocycles. The molecule has 1 aliphatic rings. The minimum absolute atomic E-state index is 0.0530. The number of aromatic nitrogens is 2. The number of rotatable bonds is 8. The van der Waals surface area contributed by atoms with Crippen molar-refractivity contribution in [2.24, 2.45) is 0 Å². The average Bonchev–Trinajstić information content (AvgIpc) is 2.75. The highest BCUT2D eigenvalue weighted by atomic mass is 19.4. The van der Waals surface area contributed by atoms with Gasteiger partial charge >= 0.3 is 12.1 Å². The normalized spacial score (nSPS) is 14.8. The molecule has 2 heterocycles. The van der Waals surface area contributed by atoms with Crippen LogP contribution in [-0.4, -0.2) is 53.7 Å². The molecule has 1 aromatic heterocycles. The molecule has 0 bridgehead atoms. The molecule has 0 amide bonds. The fourth-order valence-corrected chi connectivity index (χ4v) is 3.26. The van der Waals surface area contributed by atoms with Crippen LogP contribution in [0.1, 0.15) is 42.2 Å². The lowest BCUT2D eigenvalue weighted by molar-refractivity contribution is -0.141. The average molecular weight is 438 g/mol. The number of ether oxygens (including phenoxy) is 2. The van der Waals surface area contributed by atoms with Gasteiger partial charge in [-0.2, -0.15) is 13.2 Å². The zero-order valence-electron chi connectivity index (χ0n) is 17.2. The molecule has 1 saturated heterocycles. The molecule has 7 nitrogen and oxygen atoms in total. The second-order valence-corrected chi connectivity index (χ2v) is 7.07. The van der Waals surface area contributed by atoms with Gasteiger partial charge in [-0.3, -0.25) is 4.90 Å². The number of nitrogens with one attached hydrogen (secondary N) is 1. The SMILES string of the molecule is CCOC(=O)c1cnc(Nc2ccc(OCCN3CCCCC3)cc2)nc1C(F)(F)F. The molecule has 1 N–H and O–H groups in total. The van der Waals surface area contributed by atoms with Gasteiger partial charge in [-0.15, -0.1) is 0 Å². The third-order valence-corrected chi connectivity index (χ3v) is 4.79. The maximum Gasteiger partial charge on any atom is 0.434 e. The van der Waals surface area contributed by atoms with Crippen LogP contribution in [0.5, 0.6) is 5.75 Å². The molecule has 1 aliphatic heterocycles. The van der Waals surface area contributed by atoms with Crippen molar-refractivity contribution in [1.82, 2.24) is 14.9 Å². The van der Waals surface area contributed by atoms with Gasteiger partial charge in [0.2, 0.25) is 5.95 Å². The van der Waals surface area contributed by atoms with E-state index in [-0.39, 0.29) is 12.6 Å². The van der Waals surface area contributed by atoms with Crippen LogP contribution in [0.2, 0.25) is 0 Å². The maximum absolute atomic E-state index is 13.3. The van der Waals surface area contributed by atoms with Crippen molar-refractivity contribution in [3.8, 4) is 5.75 Å². The summed E-state index contributed by atoms with van der Waals surface area (Å²) in [6.45, 7) is 5.08. The molecule has 1 fully saturated rings. The fraction of sp³-hybridized carbons (Fsp3) is 0.476. The lowest BCUT2D eigenvalue weighted by atomic mass is 10.1. The molecular weight excluding hydrogens is 413 g/mol. The van der Waals surface area contributed by atoms with Crippen molar-refractivity contribution in [2.75, 3.05) is 38.2 Å². The Morgan fingerprint density at radius 3 is 2.52 bits per heavy atom. The third-order valence-electron chi connectivity index (χ3n) is 4.79. The van der Waals surface area contributed by atoms with E-state index in [2.05, 4.69) is 24.9 Å². The zero-order valence-corrected chi connectivity index (χ0v) is 17.2. The topological polar surface area (TPSA) is 76.6 Å². The number of hydrogen-bond donors (Lipinski definition) is 1. The van der Waals surface area contributed by atoms with E-state index >= 15 is 0 Å². The van der Waals surface area contributed by atoms with E-state index in [1.807, 2.05) is 0 Å². The summed E-state index contributed by atoms with van der Waals surface area (Å²) in [5.74, 6) is -0.733. The first-order valence-electron chi connectivity index (χ1n) is 10.2. The van der Waals surface area contributed by atoms with E-state index in [9.17, 15) is 18.0 Å². The number of carbonyl (C=O) groups excluding carboxylic acids is 1. The van der Waals surface area contributed by atoms with E-state index in [1.165, 1.54) is 26.2 Å². The zero-order chi connectivity index (χ0) is 22.3. The van der Waals surface area contributed by atoms with Gasteiger partial charge in [0.1, 0.15) is 17.9 Å². The highest BCUT2D eigenvalue weighted by Gasteiger charge is 2.38. The van der Waals surface area contributed by atoms with Crippen molar-refractivity contribution >= 4 is 17.6 Å². The largest absolute Gasteiger partial charge is 0.492 e. The summed E-state index contributed by atoms with van der Waals surface area (Å²) in [4.78, 5) is 21.4. The second-order valence-electron chi connectivity index (χ2n) is 7.07. The highest BCUT2D eigenvalue weighted by Crippen LogP contribution is 2.31. The minimum Gasteiger partial charge on any atom is -0.492 e. The molecule has 0 radical (unpaired) electrons. The van der Waals surface area contributed by atoms with Gasteiger partial charge in [-0.05, 0) is 57.1 Å². The van der Waals surface area contributed by atoms with Crippen LogP contribution in [0.15, 0.2) is 30.5 Å². The number of benzene rings is 1. The molecule has 0 atom stereocenters. The first-order chi connectivity index (χ1) is 14.9. The highest BCUT2D eigenvalue weighted by molar-refractivity contribution is 5.90. The summed E-state index contributed by atoms with van der Waals surface area (Å²) in [5.41, 5.74) is -1.58. The van der Waals surface area contributed by atoms with E-state index < -0.39 is 23.4 Å². The van der Waals surface area contributed by atoms with E-state index in [4.69, 9.17) is 4.74 Å². The Bertz CT molecular complexity index is 869. The fourth-order valence-electron chi connectivity index (χ4n) is 3.26. The Kier molecular flexibility index (Phi) is 7.67. The van der Waals surface area contributed by atoms with Crippen LogP contribution in [0.3, 0.4) is 0 Å². The number of nitrogens with zero attached hydrogens (tertiary/aromatic N) is 3. The maximum atomic E-state index is 13.3. The number of piperidine rings is 1. The monoisotopic (exact) mass is 438 g/mol. The molecule has 3 rings (SSSR count). The van der Waals surface area contributed by atoms with Gasteiger partial charge in [-0.25, -0.2) is 14.8 Å². The summed E-state index contributed by atoms with van der Waals surface area (Å²) in [5, 5.41) is 2.71. The van der Waals surface area contributed by atoms with Crippen LogP contribution < -0.4 is 10.1 Å². The molecule has 2 aromatic rings. The number of likely N-dealkylation sites (tertiary alicyclic amines) is 1. The Labute approximate surface area is 178 Å². The van der Waals surface area contributed by atoms with Gasteiger partial charge in [0, 0.05) is 18.4 Å². The van der Waals surface area contributed by atoms with E-state index in [0.29, 0.717) is 18.0 Å². The number of anilines is 2.